The van der Waals surface area contributed by atoms with E-state index in [0.717, 1.165) is 3.57 Å². The summed E-state index contributed by atoms with van der Waals surface area (Å²) in [6.07, 6.45) is 1.43. The number of hydrogen-bond donors (Lipinski definition) is 1. The first-order chi connectivity index (χ1) is 9.59. The van der Waals surface area contributed by atoms with E-state index in [9.17, 15) is 4.79 Å². The van der Waals surface area contributed by atoms with E-state index in [1.54, 1.807) is 30.3 Å². The van der Waals surface area contributed by atoms with Gasteiger partial charge in [0.25, 0.3) is 5.91 Å². The average molecular weight is 419 g/mol. The maximum Gasteiger partial charge on any atom is 0.272 e. The zero-order chi connectivity index (χ0) is 14.5. The number of nitrogens with one attached hydrogen (secondary N) is 1. The Morgan fingerprint density at radius 2 is 1.75 bits per heavy atom. The fourth-order valence-electron chi connectivity index (χ4n) is 1.50. The Balaban J connectivity index is 2.11. The van der Waals surface area contributed by atoms with E-state index >= 15 is 0 Å². The molecular formula is C14H9Cl2IN2O. The van der Waals surface area contributed by atoms with E-state index in [4.69, 9.17) is 23.2 Å². The number of hydrazone groups is 1. The summed E-state index contributed by atoms with van der Waals surface area (Å²) in [5.74, 6) is -0.283. The number of carbonyl (C=O) groups is 1. The first-order valence-corrected chi connectivity index (χ1v) is 7.45. The van der Waals surface area contributed by atoms with Crippen LogP contribution in [0.4, 0.5) is 0 Å². The van der Waals surface area contributed by atoms with E-state index in [1.807, 2.05) is 12.1 Å². The summed E-state index contributed by atoms with van der Waals surface area (Å²) in [5.41, 5.74) is 3.58. The molecule has 0 fully saturated rings. The van der Waals surface area contributed by atoms with Gasteiger partial charge in [0.2, 0.25) is 0 Å². The summed E-state index contributed by atoms with van der Waals surface area (Å²) in [4.78, 5) is 11.9. The lowest BCUT2D eigenvalue weighted by molar-refractivity contribution is 0.0954. The van der Waals surface area contributed by atoms with Gasteiger partial charge in [-0.05, 0) is 46.9 Å². The maximum atomic E-state index is 11.9. The Labute approximate surface area is 140 Å². The molecule has 2 aromatic carbocycles. The van der Waals surface area contributed by atoms with Crippen molar-refractivity contribution in [3.63, 3.8) is 0 Å². The number of halogens is 3. The van der Waals surface area contributed by atoms with Crippen LogP contribution in [-0.4, -0.2) is 12.1 Å². The van der Waals surface area contributed by atoms with Gasteiger partial charge in [0.1, 0.15) is 0 Å². The lowest BCUT2D eigenvalue weighted by Gasteiger charge is -2.03. The van der Waals surface area contributed by atoms with Gasteiger partial charge in [-0.25, -0.2) is 5.43 Å². The van der Waals surface area contributed by atoms with Gasteiger partial charge in [-0.2, -0.15) is 5.10 Å². The number of amides is 1. The second-order valence-electron chi connectivity index (χ2n) is 3.81. The Morgan fingerprint density at radius 1 is 1.10 bits per heavy atom. The lowest BCUT2D eigenvalue weighted by atomic mass is 10.2. The lowest BCUT2D eigenvalue weighted by Crippen LogP contribution is -2.18. The smallest absolute Gasteiger partial charge is 0.267 e. The van der Waals surface area contributed by atoms with Gasteiger partial charge >= 0.3 is 0 Å². The fourth-order valence-corrected chi connectivity index (χ4v) is 2.62. The molecule has 0 saturated carbocycles. The van der Waals surface area contributed by atoms with Crippen LogP contribution in [0.2, 0.25) is 10.0 Å². The minimum absolute atomic E-state index is 0.283. The molecule has 2 rings (SSSR count). The molecule has 1 N–H and O–H groups in total. The molecule has 0 atom stereocenters. The summed E-state index contributed by atoms with van der Waals surface area (Å²) in [7, 11) is 0. The zero-order valence-corrected chi connectivity index (χ0v) is 13.8. The second-order valence-corrected chi connectivity index (χ2v) is 5.79. The van der Waals surface area contributed by atoms with Crippen molar-refractivity contribution in [2.24, 2.45) is 5.10 Å². The van der Waals surface area contributed by atoms with Crippen molar-refractivity contribution in [3.8, 4) is 0 Å². The van der Waals surface area contributed by atoms with E-state index < -0.39 is 0 Å². The first kappa shape index (κ1) is 15.3. The second kappa shape index (κ2) is 7.06. The van der Waals surface area contributed by atoms with Gasteiger partial charge < -0.3 is 0 Å². The van der Waals surface area contributed by atoms with Gasteiger partial charge in [0.05, 0.1) is 21.8 Å². The monoisotopic (exact) mass is 418 g/mol. The van der Waals surface area contributed by atoms with Crippen LogP contribution in [0.15, 0.2) is 47.6 Å². The zero-order valence-electron chi connectivity index (χ0n) is 10.1. The van der Waals surface area contributed by atoms with Crippen LogP contribution in [-0.2, 0) is 0 Å². The molecule has 0 aliphatic heterocycles. The Hall–Kier alpha value is -1.11. The van der Waals surface area contributed by atoms with Crippen LogP contribution < -0.4 is 5.43 Å². The van der Waals surface area contributed by atoms with Crippen molar-refractivity contribution in [1.82, 2.24) is 5.43 Å². The van der Waals surface area contributed by atoms with Gasteiger partial charge in [-0.15, -0.1) is 0 Å². The molecule has 1 amide bonds. The highest BCUT2D eigenvalue weighted by molar-refractivity contribution is 14.1. The third-order valence-electron chi connectivity index (χ3n) is 2.48. The summed E-state index contributed by atoms with van der Waals surface area (Å²) in [5, 5.41) is 4.84. The molecule has 6 heteroatoms. The Bertz CT molecular complexity index is 654. The predicted octanol–water partition coefficient (Wildman–Crippen LogP) is 4.36. The predicted molar refractivity (Wildman–Crippen MR) is 90.7 cm³/mol. The summed E-state index contributed by atoms with van der Waals surface area (Å²) < 4.78 is 0.855. The molecule has 0 radical (unpaired) electrons. The molecular weight excluding hydrogens is 410 g/mol. The van der Waals surface area contributed by atoms with Crippen LogP contribution in [0, 0.1) is 3.57 Å². The van der Waals surface area contributed by atoms with Crippen LogP contribution in [0.1, 0.15) is 15.9 Å². The van der Waals surface area contributed by atoms with Gasteiger partial charge in [-0.3, -0.25) is 4.79 Å². The van der Waals surface area contributed by atoms with Crippen molar-refractivity contribution >= 4 is 57.9 Å². The highest BCUT2D eigenvalue weighted by atomic mass is 127. The molecule has 0 aromatic heterocycles. The fraction of sp³-hybridized carbons (Fsp3) is 0. The molecule has 3 nitrogen and oxygen atoms in total. The van der Waals surface area contributed by atoms with Crippen LogP contribution in [0.25, 0.3) is 0 Å². The minimum atomic E-state index is -0.283. The largest absolute Gasteiger partial charge is 0.272 e. The van der Waals surface area contributed by atoms with E-state index in [-0.39, 0.29) is 5.91 Å². The van der Waals surface area contributed by atoms with Crippen molar-refractivity contribution in [1.29, 1.82) is 0 Å². The van der Waals surface area contributed by atoms with Gasteiger partial charge in [-0.1, -0.05) is 41.4 Å². The van der Waals surface area contributed by atoms with E-state index in [0.29, 0.717) is 21.2 Å². The normalized spacial score (nSPS) is 10.8. The third kappa shape index (κ3) is 3.71. The maximum absolute atomic E-state index is 11.9. The molecule has 0 saturated heterocycles. The molecule has 0 aliphatic carbocycles. The highest BCUT2D eigenvalue weighted by Gasteiger charge is 2.08. The average Bonchev–Trinajstić information content (AvgIpc) is 2.42. The summed E-state index contributed by atoms with van der Waals surface area (Å²) in [6.45, 7) is 0. The summed E-state index contributed by atoms with van der Waals surface area (Å²) in [6, 6.07) is 12.4. The minimum Gasteiger partial charge on any atom is -0.267 e. The van der Waals surface area contributed by atoms with E-state index in [2.05, 4.69) is 33.1 Å². The molecule has 0 bridgehead atoms. The molecule has 0 heterocycles. The third-order valence-corrected chi connectivity index (χ3v) is 4.08. The standard InChI is InChI=1S/C14H9Cl2IN2O/c15-11-5-3-6-12(16)10(11)8-18-19-14(20)9-4-1-2-7-13(9)17/h1-8H,(H,19,20). The molecule has 102 valence electrons. The van der Waals surface area contributed by atoms with Crippen molar-refractivity contribution in [3.05, 3.63) is 67.2 Å². The van der Waals surface area contributed by atoms with Gasteiger partial charge in [0.15, 0.2) is 0 Å². The van der Waals surface area contributed by atoms with E-state index in [1.165, 1.54) is 6.21 Å². The van der Waals surface area contributed by atoms with Crippen molar-refractivity contribution < 1.29 is 4.79 Å². The van der Waals surface area contributed by atoms with Crippen LogP contribution in [0.5, 0.6) is 0 Å². The van der Waals surface area contributed by atoms with Crippen LogP contribution in [0.3, 0.4) is 0 Å². The molecule has 20 heavy (non-hydrogen) atoms. The SMILES string of the molecule is O=C(NN=Cc1c(Cl)cccc1Cl)c1ccccc1I. The highest BCUT2D eigenvalue weighted by Crippen LogP contribution is 2.22. The quantitative estimate of drug-likeness (QED) is 0.449. The van der Waals surface area contributed by atoms with Crippen LogP contribution >= 0.6 is 45.8 Å². The van der Waals surface area contributed by atoms with Crippen molar-refractivity contribution in [2.45, 2.75) is 0 Å². The summed E-state index contributed by atoms with van der Waals surface area (Å²) >= 11 is 14.1. The number of carbonyl (C=O) groups excluding carboxylic acids is 1. The van der Waals surface area contributed by atoms with Gasteiger partial charge in [0, 0.05) is 9.13 Å². The molecule has 0 spiro atoms. The first-order valence-electron chi connectivity index (χ1n) is 5.61. The molecule has 0 aliphatic rings. The molecule has 0 unspecified atom stereocenters. The Kier molecular flexibility index (Phi) is 5.39. The van der Waals surface area contributed by atoms with Crippen molar-refractivity contribution in [2.75, 3.05) is 0 Å². The molecule has 2 aromatic rings. The number of benzene rings is 2. The number of rotatable bonds is 3. The Morgan fingerprint density at radius 3 is 2.40 bits per heavy atom. The number of nitrogens with zero attached hydrogens (tertiary/aromatic N) is 1. The number of hydrogen-bond acceptors (Lipinski definition) is 2. The topological polar surface area (TPSA) is 41.5 Å².